The molecule has 222 valence electrons. The number of aromatic nitrogens is 1. The molecule has 0 saturated carbocycles. The van der Waals surface area contributed by atoms with Gasteiger partial charge in [0.05, 0.1) is 22.6 Å². The third-order valence-corrected chi connectivity index (χ3v) is 7.89. The molecule has 0 aliphatic carbocycles. The molecule has 5 aromatic rings. The van der Waals surface area contributed by atoms with Gasteiger partial charge in [0.2, 0.25) is 0 Å². The van der Waals surface area contributed by atoms with Crippen molar-refractivity contribution in [2.45, 2.75) is 0 Å². The Balaban J connectivity index is 1.15. The van der Waals surface area contributed by atoms with E-state index >= 15 is 0 Å². The highest BCUT2D eigenvalue weighted by Gasteiger charge is 2.14. The second-order valence-corrected chi connectivity index (χ2v) is 11.6. The predicted molar refractivity (Wildman–Crippen MR) is 184 cm³/mol. The van der Waals surface area contributed by atoms with Crippen LogP contribution in [0.3, 0.4) is 0 Å². The van der Waals surface area contributed by atoms with Crippen molar-refractivity contribution in [3.05, 3.63) is 116 Å². The fourth-order valence-electron chi connectivity index (χ4n) is 3.95. The lowest BCUT2D eigenvalue weighted by Gasteiger charge is -2.13. The van der Waals surface area contributed by atoms with Crippen molar-refractivity contribution in [1.29, 1.82) is 0 Å². The third kappa shape index (κ3) is 8.34. The van der Waals surface area contributed by atoms with Gasteiger partial charge in [-0.3, -0.25) is 9.59 Å². The molecule has 9 nitrogen and oxygen atoms in total. The molecule has 1 aromatic heterocycles. The quantitative estimate of drug-likeness (QED) is 0.0731. The standard InChI is InChI=1S/C32H25ClIN5O4S/c1-42-28-16-20(15-26(34)30(28)43-18-29(40)36-25-13-11-23(33)12-14-25)17-35-39-31(41)22-9-7-21(8-10-22)27-19-44-32(38-27)37-24-5-3-2-4-6-24/h2-17,19H,18H2,1H3,(H,36,40)(H,37,38)(H,39,41)/b35-17+. The Bertz CT molecular complexity index is 1780. The SMILES string of the molecule is COc1cc(/C=N/NC(=O)c2ccc(-c3csc(Nc4ccccc4)n3)cc2)cc(I)c1OCC(=O)Nc1ccc(Cl)cc1. The number of anilines is 3. The maximum Gasteiger partial charge on any atom is 0.271 e. The summed E-state index contributed by atoms with van der Waals surface area (Å²) >= 11 is 9.48. The van der Waals surface area contributed by atoms with Crippen LogP contribution in [0.4, 0.5) is 16.5 Å². The fraction of sp³-hybridized carbons (Fsp3) is 0.0625. The van der Waals surface area contributed by atoms with E-state index < -0.39 is 0 Å². The molecule has 12 heteroatoms. The number of carbonyl (C=O) groups is 2. The third-order valence-electron chi connectivity index (χ3n) is 6.08. The van der Waals surface area contributed by atoms with Crippen LogP contribution in [0.15, 0.2) is 101 Å². The number of amides is 2. The number of rotatable bonds is 11. The number of hydrogen-bond donors (Lipinski definition) is 3. The van der Waals surface area contributed by atoms with Gasteiger partial charge in [0.15, 0.2) is 23.2 Å². The van der Waals surface area contributed by atoms with E-state index in [9.17, 15) is 9.59 Å². The van der Waals surface area contributed by atoms with Crippen LogP contribution in [0.2, 0.25) is 5.02 Å². The molecule has 0 saturated heterocycles. The summed E-state index contributed by atoms with van der Waals surface area (Å²) in [4.78, 5) is 29.7. The van der Waals surface area contributed by atoms with Crippen LogP contribution in [0.25, 0.3) is 11.3 Å². The number of nitrogens with zero attached hydrogens (tertiary/aromatic N) is 2. The van der Waals surface area contributed by atoms with Gasteiger partial charge in [-0.25, -0.2) is 10.4 Å². The first-order valence-electron chi connectivity index (χ1n) is 13.1. The molecule has 1 heterocycles. The number of benzene rings is 4. The van der Waals surface area contributed by atoms with Gasteiger partial charge in [-0.2, -0.15) is 5.10 Å². The zero-order valence-electron chi connectivity index (χ0n) is 23.2. The number of ether oxygens (including phenoxy) is 2. The molecular weight excluding hydrogens is 713 g/mol. The smallest absolute Gasteiger partial charge is 0.271 e. The van der Waals surface area contributed by atoms with Crippen molar-refractivity contribution in [3.63, 3.8) is 0 Å². The highest BCUT2D eigenvalue weighted by Crippen LogP contribution is 2.33. The average Bonchev–Trinajstić information content (AvgIpc) is 3.50. The topological polar surface area (TPSA) is 114 Å². The maximum atomic E-state index is 12.7. The Morgan fingerprint density at radius 1 is 1.00 bits per heavy atom. The molecular formula is C32H25ClIN5O4S. The van der Waals surface area contributed by atoms with Crippen molar-refractivity contribution >= 4 is 80.1 Å². The van der Waals surface area contributed by atoms with Crippen LogP contribution in [-0.2, 0) is 4.79 Å². The lowest BCUT2D eigenvalue weighted by Crippen LogP contribution is -2.20. The average molecular weight is 738 g/mol. The van der Waals surface area contributed by atoms with Crippen LogP contribution in [-0.4, -0.2) is 36.7 Å². The number of para-hydroxylation sites is 1. The minimum atomic E-state index is -0.356. The zero-order valence-corrected chi connectivity index (χ0v) is 26.9. The molecule has 44 heavy (non-hydrogen) atoms. The summed E-state index contributed by atoms with van der Waals surface area (Å²) in [5, 5.41) is 13.5. The molecule has 4 aromatic carbocycles. The van der Waals surface area contributed by atoms with Crippen molar-refractivity contribution in [3.8, 4) is 22.8 Å². The minimum absolute atomic E-state index is 0.217. The molecule has 0 aliphatic heterocycles. The summed E-state index contributed by atoms with van der Waals surface area (Å²) in [6.07, 6.45) is 1.50. The first kappa shape index (κ1) is 31.0. The number of halogens is 2. The van der Waals surface area contributed by atoms with Gasteiger partial charge in [-0.15, -0.1) is 11.3 Å². The van der Waals surface area contributed by atoms with E-state index in [1.807, 2.05) is 47.8 Å². The van der Waals surface area contributed by atoms with E-state index in [0.717, 1.165) is 22.1 Å². The van der Waals surface area contributed by atoms with E-state index in [2.05, 4.69) is 48.7 Å². The molecule has 0 bridgehead atoms. The molecule has 0 unspecified atom stereocenters. The highest BCUT2D eigenvalue weighted by molar-refractivity contribution is 14.1. The van der Waals surface area contributed by atoms with Gasteiger partial charge < -0.3 is 20.1 Å². The van der Waals surface area contributed by atoms with Crippen LogP contribution >= 0.6 is 45.5 Å². The predicted octanol–water partition coefficient (Wildman–Crippen LogP) is 7.60. The van der Waals surface area contributed by atoms with Crippen LogP contribution in [0.5, 0.6) is 11.5 Å². The summed E-state index contributed by atoms with van der Waals surface area (Å²) in [5.74, 6) is 0.154. The van der Waals surface area contributed by atoms with Crippen molar-refractivity contribution in [1.82, 2.24) is 10.4 Å². The number of thiazole rings is 1. The molecule has 0 radical (unpaired) electrons. The van der Waals surface area contributed by atoms with Crippen molar-refractivity contribution < 1.29 is 19.1 Å². The van der Waals surface area contributed by atoms with Gasteiger partial charge >= 0.3 is 0 Å². The van der Waals surface area contributed by atoms with E-state index in [1.54, 1.807) is 48.5 Å². The Morgan fingerprint density at radius 3 is 2.48 bits per heavy atom. The van der Waals surface area contributed by atoms with Gasteiger partial charge in [0.1, 0.15) is 0 Å². The van der Waals surface area contributed by atoms with Crippen molar-refractivity contribution in [2.75, 3.05) is 24.4 Å². The van der Waals surface area contributed by atoms with E-state index in [4.69, 9.17) is 21.1 Å². The van der Waals surface area contributed by atoms with Gasteiger partial charge in [-0.05, 0) is 88.8 Å². The Kier molecular flexibility index (Phi) is 10.4. The van der Waals surface area contributed by atoms with Crippen LogP contribution in [0.1, 0.15) is 15.9 Å². The van der Waals surface area contributed by atoms with E-state index in [0.29, 0.717) is 36.9 Å². The highest BCUT2D eigenvalue weighted by atomic mass is 127. The van der Waals surface area contributed by atoms with E-state index in [-0.39, 0.29) is 18.4 Å². The monoisotopic (exact) mass is 737 g/mol. The van der Waals surface area contributed by atoms with Gasteiger partial charge in [0.25, 0.3) is 11.8 Å². The summed E-state index contributed by atoms with van der Waals surface area (Å²) in [6, 6.07) is 27.3. The number of carbonyl (C=O) groups excluding carboxylic acids is 2. The molecule has 0 spiro atoms. The molecule has 0 fully saturated rings. The largest absolute Gasteiger partial charge is 0.493 e. The molecule has 3 N–H and O–H groups in total. The molecule has 0 aliphatic rings. The zero-order chi connectivity index (χ0) is 30.9. The van der Waals surface area contributed by atoms with Gasteiger partial charge in [-0.1, -0.05) is 41.9 Å². The second kappa shape index (κ2) is 14.8. The first-order chi connectivity index (χ1) is 21.4. The lowest BCUT2D eigenvalue weighted by atomic mass is 10.1. The summed E-state index contributed by atoms with van der Waals surface area (Å²) in [5.41, 5.74) is 6.96. The van der Waals surface area contributed by atoms with E-state index in [1.165, 1.54) is 24.7 Å². The number of methoxy groups -OCH3 is 1. The summed E-state index contributed by atoms with van der Waals surface area (Å²) < 4.78 is 11.9. The fourth-order valence-corrected chi connectivity index (χ4v) is 5.60. The maximum absolute atomic E-state index is 12.7. The van der Waals surface area contributed by atoms with Crippen molar-refractivity contribution in [2.24, 2.45) is 5.10 Å². The normalized spacial score (nSPS) is 10.8. The molecule has 5 rings (SSSR count). The summed E-state index contributed by atoms with van der Waals surface area (Å²) in [6.45, 7) is -0.217. The Hall–Kier alpha value is -4.46. The molecule has 2 amide bonds. The first-order valence-corrected chi connectivity index (χ1v) is 15.5. The van der Waals surface area contributed by atoms with Gasteiger partial charge in [0, 0.05) is 32.9 Å². The Morgan fingerprint density at radius 2 is 1.75 bits per heavy atom. The number of hydrogen-bond acceptors (Lipinski definition) is 8. The minimum Gasteiger partial charge on any atom is -0.493 e. The molecule has 0 atom stereocenters. The van der Waals surface area contributed by atoms with Crippen LogP contribution < -0.4 is 25.5 Å². The summed E-state index contributed by atoms with van der Waals surface area (Å²) in [7, 11) is 1.50. The lowest BCUT2D eigenvalue weighted by molar-refractivity contribution is -0.118. The Labute approximate surface area is 276 Å². The van der Waals surface area contributed by atoms with Crippen LogP contribution in [0, 0.1) is 3.57 Å². The number of hydrazone groups is 1. The number of nitrogens with one attached hydrogen (secondary N) is 3. The second-order valence-electron chi connectivity index (χ2n) is 9.18.